The molecule has 0 atom stereocenters. The van der Waals surface area contributed by atoms with Gasteiger partial charge in [0.1, 0.15) is 5.84 Å². The number of benzene rings is 2. The molecule has 1 fully saturated rings. The molecule has 2 aromatic carbocycles. The summed E-state index contributed by atoms with van der Waals surface area (Å²) >= 11 is 0. The number of carbonyl (C=O) groups excluding carboxylic acids is 2. The van der Waals surface area contributed by atoms with Gasteiger partial charge in [0.15, 0.2) is 23.1 Å². The second-order valence-corrected chi connectivity index (χ2v) is 10.3. The van der Waals surface area contributed by atoms with Gasteiger partial charge in [-0.3, -0.25) is 15.0 Å². The number of rotatable bonds is 8. The first-order valence-corrected chi connectivity index (χ1v) is 12.4. The summed E-state index contributed by atoms with van der Waals surface area (Å²) in [7, 11) is 1.55. The van der Waals surface area contributed by atoms with Gasteiger partial charge >= 0.3 is 0 Å². The highest BCUT2D eigenvalue weighted by Crippen LogP contribution is 2.58. The van der Waals surface area contributed by atoms with E-state index in [1.807, 2.05) is 33.8 Å². The Morgan fingerprint density at radius 1 is 1.08 bits per heavy atom. The fourth-order valence-corrected chi connectivity index (χ4v) is 4.86. The Bertz CT molecular complexity index is 1240. The number of hydrogen-bond donors (Lipinski definition) is 2. The Morgan fingerprint density at radius 3 is 2.28 bits per heavy atom. The second-order valence-electron chi connectivity index (χ2n) is 10.3. The van der Waals surface area contributed by atoms with Crippen LogP contribution in [0.2, 0.25) is 0 Å². The fourth-order valence-electron chi connectivity index (χ4n) is 4.86. The number of fused-ring (bicyclic) bond motifs is 2. The Kier molecular flexibility index (Phi) is 6.58. The summed E-state index contributed by atoms with van der Waals surface area (Å²) in [5.74, 6) is -0.845. The van der Waals surface area contributed by atoms with Crippen LogP contribution >= 0.6 is 0 Å². The molecule has 2 aliphatic rings. The van der Waals surface area contributed by atoms with Gasteiger partial charge in [0, 0.05) is 18.2 Å². The normalized spacial score (nSPS) is 15.6. The number of Topliss-reactive ketones (excluding diaryl/α,β-unsaturated/α-hetero) is 1. The van der Waals surface area contributed by atoms with E-state index in [0.29, 0.717) is 41.9 Å². The van der Waals surface area contributed by atoms with Crippen molar-refractivity contribution in [2.24, 2.45) is 0 Å². The Balaban J connectivity index is 1.73. The zero-order valence-corrected chi connectivity index (χ0v) is 21.8. The van der Waals surface area contributed by atoms with E-state index in [0.717, 1.165) is 5.56 Å². The maximum Gasteiger partial charge on any atom is 0.251 e. The summed E-state index contributed by atoms with van der Waals surface area (Å²) in [6.07, 6.45) is 1.42. The zero-order valence-electron chi connectivity index (χ0n) is 21.8. The van der Waals surface area contributed by atoms with Crippen molar-refractivity contribution in [1.29, 1.82) is 5.41 Å². The molecule has 7 nitrogen and oxygen atoms in total. The van der Waals surface area contributed by atoms with Gasteiger partial charge in [-0.2, -0.15) is 0 Å². The highest BCUT2D eigenvalue weighted by Gasteiger charge is 2.58. The number of ether oxygens (including phenoxy) is 2. The number of carbonyl (C=O) groups is 2. The maximum atomic E-state index is 15.7. The average molecular weight is 496 g/mol. The van der Waals surface area contributed by atoms with Crippen LogP contribution in [0.5, 0.6) is 11.5 Å². The summed E-state index contributed by atoms with van der Waals surface area (Å²) in [5, 5.41) is 11.5. The number of amidine groups is 1. The monoisotopic (exact) mass is 495 g/mol. The van der Waals surface area contributed by atoms with Crippen LogP contribution in [0.15, 0.2) is 24.3 Å². The van der Waals surface area contributed by atoms with Gasteiger partial charge in [0.05, 0.1) is 30.9 Å². The summed E-state index contributed by atoms with van der Waals surface area (Å²) in [6, 6.07) is 6.96. The lowest BCUT2D eigenvalue weighted by atomic mass is 9.84. The predicted molar refractivity (Wildman–Crippen MR) is 136 cm³/mol. The molecule has 1 spiro atoms. The quantitative estimate of drug-likeness (QED) is 0.514. The van der Waals surface area contributed by atoms with Crippen molar-refractivity contribution in [2.75, 3.05) is 26.8 Å². The van der Waals surface area contributed by atoms with Crippen LogP contribution in [0.4, 0.5) is 4.39 Å². The predicted octanol–water partition coefficient (Wildman–Crippen LogP) is 4.79. The molecule has 0 radical (unpaired) electrons. The smallest absolute Gasteiger partial charge is 0.251 e. The third-order valence-corrected chi connectivity index (χ3v) is 6.94. The van der Waals surface area contributed by atoms with Crippen molar-refractivity contribution in [2.45, 2.75) is 58.4 Å². The first kappa shape index (κ1) is 25.7. The molecule has 1 aliphatic carbocycles. The van der Waals surface area contributed by atoms with Gasteiger partial charge in [-0.1, -0.05) is 20.8 Å². The number of nitrogens with one attached hydrogen (secondary N) is 2. The SMILES string of the molecule is CCOc1cc2c(c(F)c1OCC)C(=N)N(CC(=O)c1cc(C(=O)NC)cc(C(C)(C)C)c1)C21CC1. The van der Waals surface area contributed by atoms with Crippen LogP contribution in [-0.4, -0.2) is 49.2 Å². The summed E-state index contributed by atoms with van der Waals surface area (Å²) in [6.45, 7) is 10.2. The highest BCUT2D eigenvalue weighted by atomic mass is 19.1. The molecule has 2 N–H and O–H groups in total. The van der Waals surface area contributed by atoms with Crippen molar-refractivity contribution in [3.05, 3.63) is 57.9 Å². The third-order valence-electron chi connectivity index (χ3n) is 6.94. The van der Waals surface area contributed by atoms with Crippen LogP contribution in [0.1, 0.15) is 84.9 Å². The molecule has 36 heavy (non-hydrogen) atoms. The average Bonchev–Trinajstić information content (AvgIpc) is 3.60. The van der Waals surface area contributed by atoms with Gasteiger partial charge in [0.25, 0.3) is 5.91 Å². The van der Waals surface area contributed by atoms with E-state index >= 15 is 4.39 Å². The molecule has 1 amide bonds. The molecule has 1 aliphatic heterocycles. The van der Waals surface area contributed by atoms with E-state index in [9.17, 15) is 9.59 Å². The lowest BCUT2D eigenvalue weighted by molar-refractivity contribution is 0.0943. The van der Waals surface area contributed by atoms with Gasteiger partial charge in [-0.15, -0.1) is 0 Å². The molecule has 0 unspecified atom stereocenters. The summed E-state index contributed by atoms with van der Waals surface area (Å²) in [5.41, 5.74) is 1.61. The standard InChI is InChI=1S/C28H34FN3O4/c1-7-35-21-14-19-22(23(29)24(21)36-8-2)25(30)32(28(19)9-10-28)15-20(33)16-11-17(26(34)31-6)13-18(12-16)27(3,4)5/h11-14,30H,7-10,15H2,1-6H3,(H,31,34). The van der Waals surface area contributed by atoms with Gasteiger partial charge in [-0.25, -0.2) is 4.39 Å². The van der Waals surface area contributed by atoms with Crippen LogP contribution in [0.25, 0.3) is 0 Å². The molecule has 0 saturated heterocycles. The molecule has 192 valence electrons. The van der Waals surface area contributed by atoms with Crippen LogP contribution in [0, 0.1) is 11.2 Å². The van der Waals surface area contributed by atoms with E-state index in [1.165, 1.54) is 0 Å². The van der Waals surface area contributed by atoms with Crippen LogP contribution in [0.3, 0.4) is 0 Å². The number of hydrogen-bond acceptors (Lipinski definition) is 5. The maximum absolute atomic E-state index is 15.7. The number of ketones is 1. The molecule has 2 aromatic rings. The van der Waals surface area contributed by atoms with Gasteiger partial charge < -0.3 is 19.7 Å². The minimum absolute atomic E-state index is 0.0000697. The second kappa shape index (κ2) is 9.22. The van der Waals surface area contributed by atoms with Crippen molar-refractivity contribution >= 4 is 17.5 Å². The van der Waals surface area contributed by atoms with Gasteiger partial charge in [-0.05, 0) is 67.5 Å². The Labute approximate surface area is 211 Å². The van der Waals surface area contributed by atoms with Crippen LogP contribution in [-0.2, 0) is 11.0 Å². The van der Waals surface area contributed by atoms with E-state index < -0.39 is 11.4 Å². The van der Waals surface area contributed by atoms with Crippen molar-refractivity contribution in [3.63, 3.8) is 0 Å². The fraction of sp³-hybridized carbons (Fsp3) is 0.464. The van der Waals surface area contributed by atoms with E-state index in [2.05, 4.69) is 5.32 Å². The molecule has 1 heterocycles. The summed E-state index contributed by atoms with van der Waals surface area (Å²) in [4.78, 5) is 27.7. The molecular weight excluding hydrogens is 461 g/mol. The summed E-state index contributed by atoms with van der Waals surface area (Å²) < 4.78 is 26.9. The topological polar surface area (TPSA) is 91.7 Å². The molecule has 4 rings (SSSR count). The minimum Gasteiger partial charge on any atom is -0.490 e. The Morgan fingerprint density at radius 2 is 1.72 bits per heavy atom. The van der Waals surface area contributed by atoms with E-state index in [4.69, 9.17) is 14.9 Å². The molecule has 8 heteroatoms. The lowest BCUT2D eigenvalue weighted by Crippen LogP contribution is -2.38. The largest absolute Gasteiger partial charge is 0.490 e. The third kappa shape index (κ3) is 4.22. The highest BCUT2D eigenvalue weighted by molar-refractivity contribution is 6.08. The lowest BCUT2D eigenvalue weighted by Gasteiger charge is -2.27. The number of nitrogens with zero attached hydrogens (tertiary/aromatic N) is 1. The molecular formula is C28H34FN3O4. The van der Waals surface area contributed by atoms with E-state index in [-0.39, 0.29) is 47.4 Å². The number of amides is 1. The van der Waals surface area contributed by atoms with E-state index in [1.54, 1.807) is 37.1 Å². The van der Waals surface area contributed by atoms with Crippen LogP contribution < -0.4 is 14.8 Å². The molecule has 0 bridgehead atoms. The van der Waals surface area contributed by atoms with Crippen molar-refractivity contribution in [1.82, 2.24) is 10.2 Å². The molecule has 1 saturated carbocycles. The number of halogens is 1. The van der Waals surface area contributed by atoms with Gasteiger partial charge in [0.2, 0.25) is 0 Å². The van der Waals surface area contributed by atoms with Crippen molar-refractivity contribution < 1.29 is 23.5 Å². The minimum atomic E-state index is -0.624. The molecule has 0 aromatic heterocycles. The first-order chi connectivity index (χ1) is 17.0. The Hall–Kier alpha value is -3.42. The van der Waals surface area contributed by atoms with Crippen molar-refractivity contribution in [3.8, 4) is 11.5 Å². The zero-order chi connectivity index (χ0) is 26.4. The first-order valence-electron chi connectivity index (χ1n) is 12.4.